The minimum absolute atomic E-state index is 0.156. The van der Waals surface area contributed by atoms with E-state index in [-0.39, 0.29) is 17.8 Å². The van der Waals surface area contributed by atoms with Crippen LogP contribution >= 0.6 is 0 Å². The minimum Gasteiger partial charge on any atom is -0.495 e. The van der Waals surface area contributed by atoms with Crippen LogP contribution in [0.4, 0.5) is 0 Å². The molecule has 1 rings (SSSR count). The molecule has 1 aromatic heterocycles. The van der Waals surface area contributed by atoms with E-state index in [1.54, 1.807) is 26.4 Å². The lowest BCUT2D eigenvalue weighted by molar-refractivity contribution is -0.146. The first-order valence-electron chi connectivity index (χ1n) is 5.75. The number of aromatic nitrogens is 1. The van der Waals surface area contributed by atoms with Gasteiger partial charge in [0.15, 0.2) is 0 Å². The molecule has 1 atom stereocenters. The molecular weight excluding hydrogens is 218 g/mol. The van der Waals surface area contributed by atoms with E-state index in [0.717, 1.165) is 5.56 Å². The van der Waals surface area contributed by atoms with Gasteiger partial charge in [-0.05, 0) is 24.5 Å². The van der Waals surface area contributed by atoms with Gasteiger partial charge >= 0.3 is 5.97 Å². The average Bonchev–Trinajstić information content (AvgIpc) is 2.29. The molecule has 4 nitrogen and oxygen atoms in total. The van der Waals surface area contributed by atoms with Gasteiger partial charge in [0, 0.05) is 6.20 Å². The maximum Gasteiger partial charge on any atom is 0.313 e. The summed E-state index contributed by atoms with van der Waals surface area (Å²) in [4.78, 5) is 16.0. The zero-order chi connectivity index (χ0) is 12.8. The first-order chi connectivity index (χ1) is 8.10. The molecule has 94 valence electrons. The van der Waals surface area contributed by atoms with E-state index in [4.69, 9.17) is 9.47 Å². The summed E-state index contributed by atoms with van der Waals surface area (Å²) in [5.41, 5.74) is 0.831. The molecule has 0 aliphatic carbocycles. The predicted octanol–water partition coefficient (Wildman–Crippen LogP) is 2.39. The van der Waals surface area contributed by atoms with Gasteiger partial charge in [0.1, 0.15) is 5.75 Å². The third-order valence-electron chi connectivity index (χ3n) is 2.54. The van der Waals surface area contributed by atoms with Crippen LogP contribution in [0.3, 0.4) is 0 Å². The van der Waals surface area contributed by atoms with Crippen molar-refractivity contribution in [2.75, 3.05) is 13.7 Å². The summed E-state index contributed by atoms with van der Waals surface area (Å²) in [6, 6.07) is 1.83. The summed E-state index contributed by atoms with van der Waals surface area (Å²) in [6.45, 7) is 6.17. The molecule has 0 N–H and O–H groups in total. The number of rotatable bonds is 5. The van der Waals surface area contributed by atoms with Gasteiger partial charge in [-0.15, -0.1) is 0 Å². The molecule has 0 amide bonds. The molecule has 0 fully saturated rings. The van der Waals surface area contributed by atoms with E-state index in [2.05, 4.69) is 4.98 Å². The number of pyridine rings is 1. The van der Waals surface area contributed by atoms with E-state index in [1.165, 1.54) is 0 Å². The largest absolute Gasteiger partial charge is 0.495 e. The van der Waals surface area contributed by atoms with Crippen LogP contribution in [0.15, 0.2) is 18.5 Å². The molecule has 1 heterocycles. The van der Waals surface area contributed by atoms with Crippen LogP contribution in [0.5, 0.6) is 5.75 Å². The molecular formula is C13H19NO3. The van der Waals surface area contributed by atoms with Crippen LogP contribution < -0.4 is 4.74 Å². The molecule has 0 saturated heterocycles. The van der Waals surface area contributed by atoms with Gasteiger partial charge in [0.2, 0.25) is 0 Å². The quantitative estimate of drug-likeness (QED) is 0.738. The first-order valence-corrected chi connectivity index (χ1v) is 5.75. The molecule has 0 aromatic carbocycles. The van der Waals surface area contributed by atoms with Crippen molar-refractivity contribution in [1.29, 1.82) is 0 Å². The molecule has 17 heavy (non-hydrogen) atoms. The van der Waals surface area contributed by atoms with Gasteiger partial charge in [-0.25, -0.2) is 0 Å². The minimum atomic E-state index is -0.294. The molecule has 0 radical (unpaired) electrons. The van der Waals surface area contributed by atoms with Crippen molar-refractivity contribution in [2.24, 2.45) is 5.92 Å². The SMILES string of the molecule is CCOC(=O)C(c1cncc(OC)c1)C(C)C. The van der Waals surface area contributed by atoms with Crippen LogP contribution in [0.2, 0.25) is 0 Å². The van der Waals surface area contributed by atoms with Crippen molar-refractivity contribution in [3.63, 3.8) is 0 Å². The second-order valence-electron chi connectivity index (χ2n) is 4.13. The summed E-state index contributed by atoms with van der Waals surface area (Å²) in [5, 5.41) is 0. The Hall–Kier alpha value is -1.58. The van der Waals surface area contributed by atoms with E-state index >= 15 is 0 Å². The number of hydrogen-bond acceptors (Lipinski definition) is 4. The Morgan fingerprint density at radius 2 is 2.12 bits per heavy atom. The highest BCUT2D eigenvalue weighted by Crippen LogP contribution is 2.27. The summed E-state index contributed by atoms with van der Waals surface area (Å²) in [7, 11) is 1.58. The standard InChI is InChI=1S/C13H19NO3/c1-5-17-13(15)12(9(2)3)10-6-11(16-4)8-14-7-10/h6-9,12H,5H2,1-4H3. The Labute approximate surface area is 102 Å². The first kappa shape index (κ1) is 13.5. The zero-order valence-corrected chi connectivity index (χ0v) is 10.8. The van der Waals surface area contributed by atoms with Crippen LogP contribution in [0.1, 0.15) is 32.3 Å². The molecule has 4 heteroatoms. The maximum absolute atomic E-state index is 11.9. The molecule has 0 aliphatic rings. The zero-order valence-electron chi connectivity index (χ0n) is 10.8. The molecule has 0 spiro atoms. The number of hydrogen-bond donors (Lipinski definition) is 0. The van der Waals surface area contributed by atoms with Crippen molar-refractivity contribution < 1.29 is 14.3 Å². The number of nitrogens with zero attached hydrogens (tertiary/aromatic N) is 1. The van der Waals surface area contributed by atoms with E-state index in [9.17, 15) is 4.79 Å². The Bertz CT molecular complexity index is 377. The highest BCUT2D eigenvalue weighted by Gasteiger charge is 2.26. The monoisotopic (exact) mass is 237 g/mol. The van der Waals surface area contributed by atoms with Crippen molar-refractivity contribution in [1.82, 2.24) is 4.98 Å². The van der Waals surface area contributed by atoms with Crippen LogP contribution in [-0.2, 0) is 9.53 Å². The van der Waals surface area contributed by atoms with Crippen LogP contribution in [0, 0.1) is 5.92 Å². The summed E-state index contributed by atoms with van der Waals surface area (Å²) in [6.07, 6.45) is 3.30. The van der Waals surface area contributed by atoms with Gasteiger partial charge < -0.3 is 9.47 Å². The molecule has 0 bridgehead atoms. The van der Waals surface area contributed by atoms with Crippen molar-refractivity contribution in [3.05, 3.63) is 24.0 Å². The lowest BCUT2D eigenvalue weighted by atomic mass is 9.89. The fourth-order valence-corrected chi connectivity index (χ4v) is 1.74. The van der Waals surface area contributed by atoms with Gasteiger partial charge in [0.05, 0.1) is 25.8 Å². The fourth-order valence-electron chi connectivity index (χ4n) is 1.74. The highest BCUT2D eigenvalue weighted by molar-refractivity contribution is 5.78. The number of methoxy groups -OCH3 is 1. The third-order valence-corrected chi connectivity index (χ3v) is 2.54. The number of carbonyl (C=O) groups excluding carboxylic acids is 1. The van der Waals surface area contributed by atoms with Gasteiger partial charge in [-0.3, -0.25) is 9.78 Å². The number of carbonyl (C=O) groups is 1. The smallest absolute Gasteiger partial charge is 0.313 e. The summed E-state index contributed by atoms with van der Waals surface area (Å²) >= 11 is 0. The number of esters is 1. The van der Waals surface area contributed by atoms with Crippen molar-refractivity contribution in [2.45, 2.75) is 26.7 Å². The van der Waals surface area contributed by atoms with Gasteiger partial charge in [0.25, 0.3) is 0 Å². The second kappa shape index (κ2) is 6.23. The van der Waals surface area contributed by atoms with E-state index in [0.29, 0.717) is 12.4 Å². The number of ether oxygens (including phenoxy) is 2. The Morgan fingerprint density at radius 3 is 2.65 bits per heavy atom. The van der Waals surface area contributed by atoms with Gasteiger partial charge in [-0.2, -0.15) is 0 Å². The summed E-state index contributed by atoms with van der Waals surface area (Å²) < 4.78 is 10.2. The van der Waals surface area contributed by atoms with Crippen molar-refractivity contribution >= 4 is 5.97 Å². The molecule has 1 unspecified atom stereocenters. The third kappa shape index (κ3) is 3.44. The van der Waals surface area contributed by atoms with Crippen LogP contribution in [0.25, 0.3) is 0 Å². The lowest BCUT2D eigenvalue weighted by Crippen LogP contribution is -2.21. The lowest BCUT2D eigenvalue weighted by Gasteiger charge is -2.19. The normalized spacial score (nSPS) is 12.3. The predicted molar refractivity (Wildman–Crippen MR) is 65.0 cm³/mol. The fraction of sp³-hybridized carbons (Fsp3) is 0.538. The Balaban J connectivity index is 3.00. The average molecular weight is 237 g/mol. The van der Waals surface area contributed by atoms with E-state index < -0.39 is 0 Å². The Morgan fingerprint density at radius 1 is 1.41 bits per heavy atom. The van der Waals surface area contributed by atoms with E-state index in [1.807, 2.05) is 19.9 Å². The molecule has 0 saturated carbocycles. The Kier molecular flexibility index (Phi) is 4.94. The maximum atomic E-state index is 11.9. The van der Waals surface area contributed by atoms with Crippen molar-refractivity contribution in [3.8, 4) is 5.75 Å². The second-order valence-corrected chi connectivity index (χ2v) is 4.13. The topological polar surface area (TPSA) is 48.4 Å². The van der Waals surface area contributed by atoms with Gasteiger partial charge in [-0.1, -0.05) is 13.8 Å². The highest BCUT2D eigenvalue weighted by atomic mass is 16.5. The molecule has 0 aliphatic heterocycles. The molecule has 1 aromatic rings. The van der Waals surface area contributed by atoms with Crippen LogP contribution in [-0.4, -0.2) is 24.7 Å². The summed E-state index contributed by atoms with van der Waals surface area (Å²) in [5.74, 6) is 0.301.